The SMILES string of the molecule is CCCc1nn(-c2cccc(Cl)c2)c(CC)c1C(=O)N1CCOCC1. The third kappa shape index (κ3) is 3.72. The summed E-state index contributed by atoms with van der Waals surface area (Å²) in [6.07, 6.45) is 2.46. The van der Waals surface area contributed by atoms with Crippen molar-refractivity contribution in [2.24, 2.45) is 0 Å². The minimum atomic E-state index is 0.0666. The van der Waals surface area contributed by atoms with E-state index < -0.39 is 0 Å². The number of aryl methyl sites for hydroxylation is 1. The molecule has 134 valence electrons. The van der Waals surface area contributed by atoms with Crippen molar-refractivity contribution in [2.45, 2.75) is 33.1 Å². The topological polar surface area (TPSA) is 47.4 Å². The summed E-state index contributed by atoms with van der Waals surface area (Å²) in [6, 6.07) is 7.60. The van der Waals surface area contributed by atoms with Crippen molar-refractivity contribution in [3.05, 3.63) is 46.2 Å². The monoisotopic (exact) mass is 361 g/mol. The van der Waals surface area contributed by atoms with Gasteiger partial charge in [-0.1, -0.05) is 37.9 Å². The zero-order valence-electron chi connectivity index (χ0n) is 14.8. The molecule has 0 N–H and O–H groups in total. The molecule has 1 aliphatic rings. The summed E-state index contributed by atoms with van der Waals surface area (Å²) in [5.41, 5.74) is 3.46. The molecule has 6 heteroatoms. The van der Waals surface area contributed by atoms with Crippen LogP contribution in [0.1, 0.15) is 42.0 Å². The molecule has 2 aromatic rings. The first-order valence-electron chi connectivity index (χ1n) is 8.89. The van der Waals surface area contributed by atoms with E-state index in [0.717, 1.165) is 41.9 Å². The molecule has 0 bridgehead atoms. The normalized spacial score (nSPS) is 14.8. The molecule has 1 saturated heterocycles. The number of halogens is 1. The van der Waals surface area contributed by atoms with Gasteiger partial charge < -0.3 is 9.64 Å². The van der Waals surface area contributed by atoms with Crippen molar-refractivity contribution in [3.63, 3.8) is 0 Å². The highest BCUT2D eigenvalue weighted by Gasteiger charge is 2.27. The maximum absolute atomic E-state index is 13.2. The molecule has 1 amide bonds. The van der Waals surface area contributed by atoms with E-state index >= 15 is 0 Å². The molecule has 0 radical (unpaired) electrons. The summed E-state index contributed by atoms with van der Waals surface area (Å²) >= 11 is 6.15. The molecule has 0 unspecified atom stereocenters. The van der Waals surface area contributed by atoms with Gasteiger partial charge in [0.25, 0.3) is 5.91 Å². The van der Waals surface area contributed by atoms with E-state index in [1.165, 1.54) is 0 Å². The number of amides is 1. The second-order valence-electron chi connectivity index (χ2n) is 6.17. The van der Waals surface area contributed by atoms with Crippen LogP contribution in [0.3, 0.4) is 0 Å². The Morgan fingerprint density at radius 1 is 1.28 bits per heavy atom. The van der Waals surface area contributed by atoms with E-state index in [4.69, 9.17) is 21.4 Å². The standard InChI is InChI=1S/C19H24ClN3O2/c1-3-6-16-18(19(24)22-9-11-25-12-10-22)17(4-2)23(21-16)15-8-5-7-14(20)13-15/h5,7-8,13H,3-4,6,9-12H2,1-2H3. The van der Waals surface area contributed by atoms with Crippen LogP contribution in [0.25, 0.3) is 5.69 Å². The Labute approximate surface area is 153 Å². The average molecular weight is 362 g/mol. The second kappa shape index (κ2) is 8.02. The quantitative estimate of drug-likeness (QED) is 0.818. The molecule has 0 aliphatic carbocycles. The first-order chi connectivity index (χ1) is 12.2. The van der Waals surface area contributed by atoms with Crippen LogP contribution in [0, 0.1) is 0 Å². The highest BCUT2D eigenvalue weighted by molar-refractivity contribution is 6.30. The van der Waals surface area contributed by atoms with Gasteiger partial charge in [0.2, 0.25) is 0 Å². The van der Waals surface area contributed by atoms with Gasteiger partial charge >= 0.3 is 0 Å². The minimum absolute atomic E-state index is 0.0666. The van der Waals surface area contributed by atoms with E-state index in [9.17, 15) is 4.79 Å². The van der Waals surface area contributed by atoms with Crippen molar-refractivity contribution in [2.75, 3.05) is 26.3 Å². The Hall–Kier alpha value is -1.85. The lowest BCUT2D eigenvalue weighted by molar-refractivity contribution is 0.0301. The summed E-state index contributed by atoms with van der Waals surface area (Å²) in [5.74, 6) is 0.0666. The van der Waals surface area contributed by atoms with Gasteiger partial charge in [-0.15, -0.1) is 0 Å². The summed E-state index contributed by atoms with van der Waals surface area (Å²) in [4.78, 5) is 15.1. The number of rotatable bonds is 5. The lowest BCUT2D eigenvalue weighted by atomic mass is 10.1. The Bertz CT molecular complexity index is 751. The third-order valence-corrected chi connectivity index (χ3v) is 4.68. The number of ether oxygens (including phenoxy) is 1. The smallest absolute Gasteiger partial charge is 0.257 e. The van der Waals surface area contributed by atoms with Crippen molar-refractivity contribution < 1.29 is 9.53 Å². The van der Waals surface area contributed by atoms with Gasteiger partial charge in [-0.2, -0.15) is 5.10 Å². The maximum atomic E-state index is 13.2. The van der Waals surface area contributed by atoms with E-state index in [1.54, 1.807) is 0 Å². The van der Waals surface area contributed by atoms with Crippen molar-refractivity contribution >= 4 is 17.5 Å². The fourth-order valence-electron chi connectivity index (χ4n) is 3.23. The predicted octanol–water partition coefficient (Wildman–Crippen LogP) is 3.51. The molecule has 0 atom stereocenters. The van der Waals surface area contributed by atoms with E-state index in [0.29, 0.717) is 31.3 Å². The van der Waals surface area contributed by atoms with Crippen LogP contribution < -0.4 is 0 Å². The van der Waals surface area contributed by atoms with Crippen LogP contribution >= 0.6 is 11.6 Å². The Kier molecular flexibility index (Phi) is 5.76. The Balaban J connectivity index is 2.07. The molecule has 5 nitrogen and oxygen atoms in total. The fourth-order valence-corrected chi connectivity index (χ4v) is 3.42. The molecule has 1 aromatic heterocycles. The molecule has 25 heavy (non-hydrogen) atoms. The molecule has 2 heterocycles. The van der Waals surface area contributed by atoms with Gasteiger partial charge in [-0.25, -0.2) is 4.68 Å². The largest absolute Gasteiger partial charge is 0.378 e. The molecule has 3 rings (SSSR count). The Morgan fingerprint density at radius 3 is 2.68 bits per heavy atom. The summed E-state index contributed by atoms with van der Waals surface area (Å²) in [5, 5.41) is 5.44. The summed E-state index contributed by atoms with van der Waals surface area (Å²) in [6.45, 7) is 6.63. The van der Waals surface area contributed by atoms with Gasteiger partial charge in [-0.3, -0.25) is 4.79 Å². The maximum Gasteiger partial charge on any atom is 0.257 e. The number of carbonyl (C=O) groups is 1. The number of nitrogens with zero attached hydrogens (tertiary/aromatic N) is 3. The molecule has 1 aromatic carbocycles. The van der Waals surface area contributed by atoms with Crippen LogP contribution in [0.5, 0.6) is 0 Å². The van der Waals surface area contributed by atoms with Crippen molar-refractivity contribution in [1.82, 2.24) is 14.7 Å². The first-order valence-corrected chi connectivity index (χ1v) is 9.27. The fraction of sp³-hybridized carbons (Fsp3) is 0.474. The zero-order valence-corrected chi connectivity index (χ0v) is 15.6. The molecular weight excluding hydrogens is 338 g/mol. The van der Waals surface area contributed by atoms with Crippen LogP contribution in [0.2, 0.25) is 5.02 Å². The van der Waals surface area contributed by atoms with Crippen LogP contribution in [-0.2, 0) is 17.6 Å². The summed E-state index contributed by atoms with van der Waals surface area (Å²) < 4.78 is 7.26. The molecule has 0 saturated carbocycles. The van der Waals surface area contributed by atoms with Crippen molar-refractivity contribution in [1.29, 1.82) is 0 Å². The number of aromatic nitrogens is 2. The van der Waals surface area contributed by atoms with Gasteiger partial charge in [0.1, 0.15) is 0 Å². The van der Waals surface area contributed by atoms with Gasteiger partial charge in [-0.05, 0) is 31.0 Å². The zero-order chi connectivity index (χ0) is 17.8. The van der Waals surface area contributed by atoms with Crippen molar-refractivity contribution in [3.8, 4) is 5.69 Å². The minimum Gasteiger partial charge on any atom is -0.378 e. The number of carbonyl (C=O) groups excluding carboxylic acids is 1. The van der Waals surface area contributed by atoms with Gasteiger partial charge in [0, 0.05) is 18.1 Å². The average Bonchev–Trinajstić information content (AvgIpc) is 3.00. The molecule has 1 aliphatic heterocycles. The lowest BCUT2D eigenvalue weighted by Gasteiger charge is -2.27. The predicted molar refractivity (Wildman–Crippen MR) is 98.7 cm³/mol. The lowest BCUT2D eigenvalue weighted by Crippen LogP contribution is -2.41. The van der Waals surface area contributed by atoms with Gasteiger partial charge in [0.05, 0.1) is 35.9 Å². The number of hydrogen-bond donors (Lipinski definition) is 0. The number of morpholine rings is 1. The molecule has 1 fully saturated rings. The second-order valence-corrected chi connectivity index (χ2v) is 6.60. The highest BCUT2D eigenvalue weighted by Crippen LogP contribution is 2.24. The van der Waals surface area contributed by atoms with E-state index in [1.807, 2.05) is 33.8 Å². The Morgan fingerprint density at radius 2 is 2.04 bits per heavy atom. The molecular formula is C19H24ClN3O2. The number of benzene rings is 1. The summed E-state index contributed by atoms with van der Waals surface area (Å²) in [7, 11) is 0. The van der Waals surface area contributed by atoms with Gasteiger partial charge in [0.15, 0.2) is 0 Å². The van der Waals surface area contributed by atoms with Crippen LogP contribution in [-0.4, -0.2) is 46.9 Å². The highest BCUT2D eigenvalue weighted by atomic mass is 35.5. The van der Waals surface area contributed by atoms with E-state index in [-0.39, 0.29) is 5.91 Å². The van der Waals surface area contributed by atoms with Crippen LogP contribution in [0.4, 0.5) is 0 Å². The van der Waals surface area contributed by atoms with E-state index in [2.05, 4.69) is 13.8 Å². The number of hydrogen-bond acceptors (Lipinski definition) is 3. The first kappa shape index (κ1) is 18.0. The van der Waals surface area contributed by atoms with Crippen LogP contribution in [0.15, 0.2) is 24.3 Å². The molecule has 0 spiro atoms. The third-order valence-electron chi connectivity index (χ3n) is 4.44.